The molecule has 0 spiro atoms. The highest BCUT2D eigenvalue weighted by molar-refractivity contribution is 6.01. The van der Waals surface area contributed by atoms with Crippen molar-refractivity contribution < 1.29 is 28.4 Å². The van der Waals surface area contributed by atoms with E-state index in [1.807, 2.05) is 0 Å². The van der Waals surface area contributed by atoms with Crippen molar-refractivity contribution in [2.24, 2.45) is 5.10 Å². The summed E-state index contributed by atoms with van der Waals surface area (Å²) in [5, 5.41) is 18.9. The summed E-state index contributed by atoms with van der Waals surface area (Å²) >= 11 is 0. The number of ether oxygens (including phenoxy) is 2. The topological polar surface area (TPSA) is 151 Å². The molecule has 12 heteroatoms. The van der Waals surface area contributed by atoms with Gasteiger partial charge in [-0.3, -0.25) is 19.6 Å². The number of hydrogen-bond donors (Lipinski definition) is 1. The van der Waals surface area contributed by atoms with E-state index in [2.05, 4.69) is 20.4 Å². The normalized spacial score (nSPS) is 11.2. The Morgan fingerprint density at radius 1 is 1.27 bits per heavy atom. The third-order valence-corrected chi connectivity index (χ3v) is 4.47. The minimum absolute atomic E-state index is 0.0606. The molecule has 0 unspecified atom stereocenters. The van der Waals surface area contributed by atoms with Crippen molar-refractivity contribution in [3.05, 3.63) is 75.5 Å². The number of hydrazone groups is 1. The first-order valence-corrected chi connectivity index (χ1v) is 9.69. The van der Waals surface area contributed by atoms with Gasteiger partial charge in [-0.1, -0.05) is 12.1 Å². The van der Waals surface area contributed by atoms with Crippen molar-refractivity contribution in [1.29, 1.82) is 0 Å². The SMILES string of the molecule is COC(=O)c1ccc(COc2ccccc2/C(C)=N\NC(=O)Cn2cc([N+](=O)[O-])c(C)n2)o1. The largest absolute Gasteiger partial charge is 0.485 e. The number of para-hydroxylation sites is 1. The second-order valence-corrected chi connectivity index (χ2v) is 6.83. The van der Waals surface area contributed by atoms with E-state index in [9.17, 15) is 19.7 Å². The van der Waals surface area contributed by atoms with E-state index in [4.69, 9.17) is 9.15 Å². The van der Waals surface area contributed by atoms with Crippen molar-refractivity contribution in [2.45, 2.75) is 27.0 Å². The third-order valence-electron chi connectivity index (χ3n) is 4.47. The number of aromatic nitrogens is 2. The van der Waals surface area contributed by atoms with Crippen LogP contribution >= 0.6 is 0 Å². The van der Waals surface area contributed by atoms with Gasteiger partial charge in [-0.05, 0) is 38.1 Å². The van der Waals surface area contributed by atoms with Gasteiger partial charge in [0, 0.05) is 5.56 Å². The second-order valence-electron chi connectivity index (χ2n) is 6.83. The van der Waals surface area contributed by atoms with Crippen molar-refractivity contribution in [2.75, 3.05) is 7.11 Å². The molecule has 3 aromatic rings. The zero-order valence-corrected chi connectivity index (χ0v) is 18.1. The number of benzene rings is 1. The first kappa shape index (κ1) is 23.2. The fourth-order valence-electron chi connectivity index (χ4n) is 2.86. The Kier molecular flexibility index (Phi) is 7.18. The van der Waals surface area contributed by atoms with Crippen LogP contribution in [0.2, 0.25) is 0 Å². The van der Waals surface area contributed by atoms with E-state index in [-0.39, 0.29) is 30.3 Å². The standard InChI is InChI=1S/C21H21N5O7/c1-13(22-23-20(27)11-25-10-17(26(29)30)14(2)24-25)16-6-4-5-7-18(16)32-12-15-8-9-19(33-15)21(28)31-3/h4-10H,11-12H2,1-3H3,(H,23,27)/b22-13-. The summed E-state index contributed by atoms with van der Waals surface area (Å²) in [5.74, 6) is -0.0992. The number of rotatable bonds is 9. The molecule has 2 heterocycles. The van der Waals surface area contributed by atoms with E-state index in [1.165, 1.54) is 31.0 Å². The van der Waals surface area contributed by atoms with Gasteiger partial charge in [-0.25, -0.2) is 10.2 Å². The molecule has 12 nitrogen and oxygen atoms in total. The average molecular weight is 455 g/mol. The first-order chi connectivity index (χ1) is 15.8. The number of hydrogen-bond acceptors (Lipinski definition) is 9. The van der Waals surface area contributed by atoms with Crippen LogP contribution in [-0.2, 0) is 22.7 Å². The molecule has 2 aromatic heterocycles. The highest BCUT2D eigenvalue weighted by Gasteiger charge is 2.17. The summed E-state index contributed by atoms with van der Waals surface area (Å²) in [5.41, 5.74) is 3.55. The third kappa shape index (κ3) is 5.81. The van der Waals surface area contributed by atoms with Crippen molar-refractivity contribution >= 4 is 23.3 Å². The average Bonchev–Trinajstić information content (AvgIpc) is 3.42. The number of esters is 1. The number of nitrogens with zero attached hydrogens (tertiary/aromatic N) is 4. The lowest BCUT2D eigenvalue weighted by atomic mass is 10.1. The molecule has 172 valence electrons. The summed E-state index contributed by atoms with van der Waals surface area (Å²) in [6, 6.07) is 10.2. The molecule has 0 aliphatic carbocycles. The van der Waals surface area contributed by atoms with Gasteiger partial charge in [-0.2, -0.15) is 10.2 Å². The molecule has 33 heavy (non-hydrogen) atoms. The summed E-state index contributed by atoms with van der Waals surface area (Å²) in [7, 11) is 1.26. The molecule has 0 saturated heterocycles. The number of furan rings is 1. The summed E-state index contributed by atoms with van der Waals surface area (Å²) in [6.07, 6.45) is 1.19. The van der Waals surface area contributed by atoms with Gasteiger partial charge in [0.05, 0.1) is 17.7 Å². The maximum absolute atomic E-state index is 12.2. The van der Waals surface area contributed by atoms with Crippen LogP contribution in [0.5, 0.6) is 5.75 Å². The maximum atomic E-state index is 12.2. The molecule has 3 rings (SSSR count). The van der Waals surface area contributed by atoms with E-state index < -0.39 is 16.8 Å². The van der Waals surface area contributed by atoms with Gasteiger partial charge in [0.2, 0.25) is 5.76 Å². The Labute approximate surface area is 187 Å². The number of carbonyl (C=O) groups excluding carboxylic acids is 2. The summed E-state index contributed by atoms with van der Waals surface area (Å²) in [4.78, 5) is 34.0. The fraction of sp³-hybridized carbons (Fsp3) is 0.238. The zero-order chi connectivity index (χ0) is 24.0. The summed E-state index contributed by atoms with van der Waals surface area (Å²) < 4.78 is 17.0. The lowest BCUT2D eigenvalue weighted by Gasteiger charge is -2.10. The molecule has 0 fully saturated rings. The Bertz CT molecular complexity index is 1210. The molecule has 0 atom stereocenters. The zero-order valence-electron chi connectivity index (χ0n) is 18.1. The monoisotopic (exact) mass is 455 g/mol. The van der Waals surface area contributed by atoms with Crippen LogP contribution in [0.25, 0.3) is 0 Å². The van der Waals surface area contributed by atoms with Gasteiger partial charge in [-0.15, -0.1) is 0 Å². The molecular formula is C21H21N5O7. The minimum atomic E-state index is -0.583. The van der Waals surface area contributed by atoms with Crippen LogP contribution in [0.15, 0.2) is 52.1 Å². The highest BCUT2D eigenvalue weighted by Crippen LogP contribution is 2.21. The van der Waals surface area contributed by atoms with Gasteiger partial charge in [0.15, 0.2) is 0 Å². The van der Waals surface area contributed by atoms with Crippen molar-refractivity contribution in [3.8, 4) is 5.75 Å². The fourth-order valence-corrected chi connectivity index (χ4v) is 2.86. The molecule has 0 bridgehead atoms. The van der Waals surface area contributed by atoms with Crippen molar-refractivity contribution in [1.82, 2.24) is 15.2 Å². The van der Waals surface area contributed by atoms with E-state index in [0.29, 0.717) is 22.8 Å². The van der Waals surface area contributed by atoms with Crippen LogP contribution in [0.3, 0.4) is 0 Å². The van der Waals surface area contributed by atoms with Gasteiger partial charge >= 0.3 is 11.7 Å². The van der Waals surface area contributed by atoms with Crippen LogP contribution in [0, 0.1) is 17.0 Å². The van der Waals surface area contributed by atoms with E-state index >= 15 is 0 Å². The molecule has 0 saturated carbocycles. The van der Waals surface area contributed by atoms with Crippen LogP contribution in [0.4, 0.5) is 5.69 Å². The molecule has 1 aromatic carbocycles. The predicted octanol–water partition coefficient (Wildman–Crippen LogP) is 2.60. The number of aryl methyl sites for hydroxylation is 1. The molecule has 1 amide bonds. The van der Waals surface area contributed by atoms with Crippen LogP contribution in [0.1, 0.15) is 34.5 Å². The number of nitro groups is 1. The maximum Gasteiger partial charge on any atom is 0.373 e. The number of amides is 1. The quantitative estimate of drug-likeness (QED) is 0.224. The Morgan fingerprint density at radius 3 is 2.73 bits per heavy atom. The number of nitrogens with one attached hydrogen (secondary N) is 1. The van der Waals surface area contributed by atoms with E-state index in [1.54, 1.807) is 37.3 Å². The molecule has 0 aliphatic heterocycles. The molecular weight excluding hydrogens is 434 g/mol. The molecule has 0 radical (unpaired) electrons. The van der Waals surface area contributed by atoms with Crippen LogP contribution in [-0.4, -0.2) is 39.4 Å². The Balaban J connectivity index is 1.63. The predicted molar refractivity (Wildman–Crippen MR) is 115 cm³/mol. The Morgan fingerprint density at radius 2 is 2.03 bits per heavy atom. The molecule has 0 aliphatic rings. The number of methoxy groups -OCH3 is 1. The second kappa shape index (κ2) is 10.2. The smallest absolute Gasteiger partial charge is 0.373 e. The van der Waals surface area contributed by atoms with Crippen molar-refractivity contribution in [3.63, 3.8) is 0 Å². The lowest BCUT2D eigenvalue weighted by Crippen LogP contribution is -2.24. The van der Waals surface area contributed by atoms with Gasteiger partial charge in [0.25, 0.3) is 5.91 Å². The van der Waals surface area contributed by atoms with Gasteiger partial charge < -0.3 is 13.9 Å². The number of carbonyl (C=O) groups is 2. The highest BCUT2D eigenvalue weighted by atomic mass is 16.6. The van der Waals surface area contributed by atoms with Crippen LogP contribution < -0.4 is 10.2 Å². The van der Waals surface area contributed by atoms with Gasteiger partial charge in [0.1, 0.15) is 36.6 Å². The Hall–Kier alpha value is -4.48. The van der Waals surface area contributed by atoms with E-state index in [0.717, 1.165) is 0 Å². The minimum Gasteiger partial charge on any atom is -0.485 e. The molecule has 1 N–H and O–H groups in total. The lowest BCUT2D eigenvalue weighted by molar-refractivity contribution is -0.385. The first-order valence-electron chi connectivity index (χ1n) is 9.69. The summed E-state index contributed by atoms with van der Waals surface area (Å²) in [6.45, 7) is 3.01.